The molecule has 80 valence electrons. The van der Waals surface area contributed by atoms with Crippen LogP contribution < -0.4 is 5.73 Å². The quantitative estimate of drug-likeness (QED) is 0.738. The van der Waals surface area contributed by atoms with Crippen LogP contribution in [0, 0.1) is 0 Å². The Hall–Kier alpha value is 0.430. The maximum atomic E-state index is 13.0. The first-order valence-corrected chi connectivity index (χ1v) is 4.39. The summed E-state index contributed by atoms with van der Waals surface area (Å²) in [5.41, 5.74) is 5.70. The predicted molar refractivity (Wildman–Crippen MR) is 56.6 cm³/mol. The Kier molecular flexibility index (Phi) is 5.52. The van der Waals surface area contributed by atoms with E-state index in [0.29, 0.717) is 19.0 Å². The van der Waals surface area contributed by atoms with Crippen molar-refractivity contribution in [3.05, 3.63) is 0 Å². The zero-order valence-corrected chi connectivity index (χ0v) is 9.12. The summed E-state index contributed by atoms with van der Waals surface area (Å²) in [6.45, 7) is 1.53. The van der Waals surface area contributed by atoms with Crippen LogP contribution in [-0.2, 0) is 0 Å². The molecule has 1 saturated heterocycles. The third-order valence-electron chi connectivity index (χ3n) is 2.52. The largest absolute Gasteiger partial charge is 0.326 e. The molecule has 0 radical (unpaired) electrons. The molecule has 2 nitrogen and oxygen atoms in total. The molecule has 0 unspecified atom stereocenters. The number of hydrogen-bond donors (Lipinski definition) is 1. The smallest absolute Gasteiger partial charge is 0.114 e. The van der Waals surface area contributed by atoms with Crippen molar-refractivity contribution in [1.29, 1.82) is 0 Å². The Morgan fingerprint density at radius 2 is 1.77 bits per heavy atom. The van der Waals surface area contributed by atoms with Crippen molar-refractivity contribution in [2.24, 2.45) is 5.73 Å². The van der Waals surface area contributed by atoms with Crippen molar-refractivity contribution in [3.63, 3.8) is 0 Å². The molecule has 5 heteroatoms. The molecule has 0 bridgehead atoms. The van der Waals surface area contributed by atoms with E-state index in [0.717, 1.165) is 6.54 Å². The first kappa shape index (κ1) is 13.4. The SMILES string of the molecule is Cl.Cl.N[C@@H]1C[C@@H](F)CN(C2CC2)C1. The highest BCUT2D eigenvalue weighted by Gasteiger charge is 2.34. The van der Waals surface area contributed by atoms with Gasteiger partial charge in [-0.25, -0.2) is 4.39 Å². The number of likely N-dealkylation sites (tertiary alicyclic amines) is 1. The lowest BCUT2D eigenvalue weighted by atomic mass is 10.1. The molecule has 2 rings (SSSR count). The van der Waals surface area contributed by atoms with Crippen molar-refractivity contribution < 1.29 is 4.39 Å². The van der Waals surface area contributed by atoms with E-state index in [2.05, 4.69) is 4.90 Å². The Morgan fingerprint density at radius 1 is 1.15 bits per heavy atom. The average Bonchev–Trinajstić information content (AvgIpc) is 2.64. The Morgan fingerprint density at radius 3 is 2.23 bits per heavy atom. The molecule has 13 heavy (non-hydrogen) atoms. The molecule has 2 atom stereocenters. The summed E-state index contributed by atoms with van der Waals surface area (Å²) >= 11 is 0. The first-order valence-electron chi connectivity index (χ1n) is 4.39. The number of hydrogen-bond acceptors (Lipinski definition) is 2. The van der Waals surface area contributed by atoms with Crippen LogP contribution >= 0.6 is 24.8 Å². The van der Waals surface area contributed by atoms with Gasteiger partial charge in [-0.3, -0.25) is 4.90 Å². The number of alkyl halides is 1. The zero-order valence-electron chi connectivity index (χ0n) is 7.49. The number of nitrogens with two attached hydrogens (primary N) is 1. The molecule has 0 aromatic carbocycles. The maximum Gasteiger partial charge on any atom is 0.114 e. The Labute approximate surface area is 90.9 Å². The lowest BCUT2D eigenvalue weighted by Gasteiger charge is -2.32. The van der Waals surface area contributed by atoms with Crippen LogP contribution in [0.2, 0.25) is 0 Å². The molecule has 1 heterocycles. The molecule has 1 aliphatic heterocycles. The van der Waals surface area contributed by atoms with Crippen molar-refractivity contribution in [2.45, 2.75) is 37.5 Å². The monoisotopic (exact) mass is 230 g/mol. The van der Waals surface area contributed by atoms with Crippen LogP contribution in [0.1, 0.15) is 19.3 Å². The van der Waals surface area contributed by atoms with E-state index in [1.807, 2.05) is 0 Å². The standard InChI is InChI=1S/C8H15FN2.2ClH/c9-6-3-7(10)5-11(4-6)8-1-2-8;;/h6-8H,1-5,10H2;2*1H/t6-,7-;;/m1../s1. The Bertz CT molecular complexity index is 145. The van der Waals surface area contributed by atoms with Gasteiger partial charge in [0.25, 0.3) is 0 Å². The minimum atomic E-state index is -0.681. The Balaban J connectivity index is 0.000000720. The van der Waals surface area contributed by atoms with Crippen molar-refractivity contribution in [3.8, 4) is 0 Å². The van der Waals surface area contributed by atoms with Crippen LogP contribution in [-0.4, -0.2) is 36.2 Å². The van der Waals surface area contributed by atoms with Crippen LogP contribution in [0.5, 0.6) is 0 Å². The van der Waals surface area contributed by atoms with Gasteiger partial charge in [-0.05, 0) is 19.3 Å². The molecule has 0 aromatic rings. The van der Waals surface area contributed by atoms with Gasteiger partial charge in [0.05, 0.1) is 0 Å². The summed E-state index contributed by atoms with van der Waals surface area (Å²) in [6, 6.07) is 0.735. The second-order valence-electron chi connectivity index (χ2n) is 3.78. The van der Waals surface area contributed by atoms with Crippen LogP contribution in [0.25, 0.3) is 0 Å². The second-order valence-corrected chi connectivity index (χ2v) is 3.78. The molecule has 0 aromatic heterocycles. The maximum absolute atomic E-state index is 13.0. The highest BCUT2D eigenvalue weighted by molar-refractivity contribution is 5.85. The van der Waals surface area contributed by atoms with E-state index in [1.54, 1.807) is 0 Å². The fourth-order valence-corrected chi connectivity index (χ4v) is 1.85. The van der Waals surface area contributed by atoms with Crippen LogP contribution in [0.3, 0.4) is 0 Å². The van der Waals surface area contributed by atoms with Gasteiger partial charge in [-0.2, -0.15) is 0 Å². The van der Waals surface area contributed by atoms with Gasteiger partial charge in [0.2, 0.25) is 0 Å². The van der Waals surface area contributed by atoms with Gasteiger partial charge in [0.1, 0.15) is 6.17 Å². The van der Waals surface area contributed by atoms with Crippen molar-refractivity contribution >= 4 is 24.8 Å². The lowest BCUT2D eigenvalue weighted by Crippen LogP contribution is -2.48. The number of rotatable bonds is 1. The van der Waals surface area contributed by atoms with E-state index >= 15 is 0 Å². The fourth-order valence-electron chi connectivity index (χ4n) is 1.85. The van der Waals surface area contributed by atoms with Crippen LogP contribution in [0.15, 0.2) is 0 Å². The lowest BCUT2D eigenvalue weighted by molar-refractivity contribution is 0.117. The number of halogens is 3. The molecule has 2 aliphatic rings. The van der Waals surface area contributed by atoms with Gasteiger partial charge in [0.15, 0.2) is 0 Å². The number of nitrogens with zero attached hydrogens (tertiary/aromatic N) is 1. The van der Waals surface area contributed by atoms with Gasteiger partial charge in [-0.15, -0.1) is 24.8 Å². The molecule has 2 N–H and O–H groups in total. The molecule has 0 spiro atoms. The van der Waals surface area contributed by atoms with Gasteiger partial charge in [0, 0.05) is 25.2 Å². The van der Waals surface area contributed by atoms with E-state index in [1.165, 1.54) is 12.8 Å². The normalized spacial score (nSPS) is 34.6. The fraction of sp³-hybridized carbons (Fsp3) is 1.00. The summed E-state index contributed by atoms with van der Waals surface area (Å²) in [5.74, 6) is 0. The van der Waals surface area contributed by atoms with E-state index in [4.69, 9.17) is 5.73 Å². The third kappa shape index (κ3) is 3.58. The summed E-state index contributed by atoms with van der Waals surface area (Å²) < 4.78 is 13.0. The van der Waals surface area contributed by atoms with Crippen molar-refractivity contribution in [2.75, 3.05) is 13.1 Å². The molecule has 1 saturated carbocycles. The van der Waals surface area contributed by atoms with Crippen molar-refractivity contribution in [1.82, 2.24) is 4.90 Å². The topological polar surface area (TPSA) is 29.3 Å². The highest BCUT2D eigenvalue weighted by atomic mass is 35.5. The molecule has 2 fully saturated rings. The van der Waals surface area contributed by atoms with Gasteiger partial charge in [-0.1, -0.05) is 0 Å². The van der Waals surface area contributed by atoms with Crippen LogP contribution in [0.4, 0.5) is 4.39 Å². The average molecular weight is 231 g/mol. The summed E-state index contributed by atoms with van der Waals surface area (Å²) in [4.78, 5) is 2.21. The predicted octanol–water partition coefficient (Wildman–Crippen LogP) is 1.36. The van der Waals surface area contributed by atoms with E-state index in [9.17, 15) is 4.39 Å². The minimum absolute atomic E-state index is 0. The first-order chi connectivity index (χ1) is 5.25. The second kappa shape index (κ2) is 5.35. The van der Waals surface area contributed by atoms with E-state index in [-0.39, 0.29) is 30.9 Å². The molecular formula is C8H17Cl2FN2. The van der Waals surface area contributed by atoms with E-state index < -0.39 is 6.17 Å². The molecular weight excluding hydrogens is 214 g/mol. The highest BCUT2D eigenvalue weighted by Crippen LogP contribution is 2.29. The zero-order chi connectivity index (χ0) is 7.84. The minimum Gasteiger partial charge on any atom is -0.326 e. The summed E-state index contributed by atoms with van der Waals surface area (Å²) in [6.07, 6.45) is 2.38. The summed E-state index contributed by atoms with van der Waals surface area (Å²) in [7, 11) is 0. The van der Waals surface area contributed by atoms with Gasteiger partial charge >= 0.3 is 0 Å². The molecule has 0 amide bonds. The third-order valence-corrected chi connectivity index (χ3v) is 2.52. The molecule has 1 aliphatic carbocycles. The van der Waals surface area contributed by atoms with Gasteiger partial charge < -0.3 is 5.73 Å². The summed E-state index contributed by atoms with van der Waals surface area (Å²) in [5, 5.41) is 0. The number of piperidine rings is 1.